The van der Waals surface area contributed by atoms with Crippen molar-refractivity contribution in [2.75, 3.05) is 7.11 Å². The fourth-order valence-electron chi connectivity index (χ4n) is 3.06. The summed E-state index contributed by atoms with van der Waals surface area (Å²) in [7, 11) is 1.59. The molecule has 1 fully saturated rings. The maximum absolute atomic E-state index is 12.3. The zero-order valence-electron chi connectivity index (χ0n) is 14.6. The summed E-state index contributed by atoms with van der Waals surface area (Å²) < 4.78 is 5.26. The molecule has 1 aliphatic carbocycles. The van der Waals surface area contributed by atoms with Crippen molar-refractivity contribution in [3.63, 3.8) is 0 Å². The van der Waals surface area contributed by atoms with Gasteiger partial charge in [0, 0.05) is 19.6 Å². The molecular formula is C19H29NO3. The van der Waals surface area contributed by atoms with Gasteiger partial charge in [0.25, 0.3) is 0 Å². The Labute approximate surface area is 139 Å². The first-order valence-corrected chi connectivity index (χ1v) is 8.39. The molecule has 23 heavy (non-hydrogen) atoms. The molecule has 0 spiro atoms. The Morgan fingerprint density at radius 3 is 2.48 bits per heavy atom. The minimum atomic E-state index is -0.450. The van der Waals surface area contributed by atoms with Gasteiger partial charge in [-0.05, 0) is 35.8 Å². The maximum Gasteiger partial charge on any atom is 0.223 e. The predicted molar refractivity (Wildman–Crippen MR) is 91.1 cm³/mol. The van der Waals surface area contributed by atoms with E-state index in [4.69, 9.17) is 4.74 Å². The standard InChI is InChI=1S/C19H29NO3/c1-19(2,3)15-8-5-13(6-9-15)12-20-18(22)14-7-10-16(21)17(11-14)23-4/h5-6,8-9,14,16-17,21H,7,10-12H2,1-4H3,(H,20,22). The second-order valence-corrected chi connectivity index (χ2v) is 7.52. The summed E-state index contributed by atoms with van der Waals surface area (Å²) in [6.45, 7) is 7.11. The van der Waals surface area contributed by atoms with Crippen LogP contribution in [0.4, 0.5) is 0 Å². The van der Waals surface area contributed by atoms with Crippen LogP contribution in [0.2, 0.25) is 0 Å². The van der Waals surface area contributed by atoms with Crippen molar-refractivity contribution in [2.45, 2.75) is 64.2 Å². The van der Waals surface area contributed by atoms with Crippen LogP contribution in [0.25, 0.3) is 0 Å². The third-order valence-corrected chi connectivity index (χ3v) is 4.72. The molecular weight excluding hydrogens is 290 g/mol. The van der Waals surface area contributed by atoms with Gasteiger partial charge in [0.15, 0.2) is 0 Å². The number of carbonyl (C=O) groups is 1. The Balaban J connectivity index is 1.87. The largest absolute Gasteiger partial charge is 0.390 e. The van der Waals surface area contributed by atoms with E-state index in [2.05, 4.69) is 50.4 Å². The number of hydrogen-bond acceptors (Lipinski definition) is 3. The van der Waals surface area contributed by atoms with Gasteiger partial charge in [-0.15, -0.1) is 0 Å². The van der Waals surface area contributed by atoms with Crippen molar-refractivity contribution in [1.82, 2.24) is 5.32 Å². The van der Waals surface area contributed by atoms with Crippen LogP contribution in [0.1, 0.15) is 51.2 Å². The molecule has 128 valence electrons. The van der Waals surface area contributed by atoms with Gasteiger partial charge in [-0.3, -0.25) is 4.79 Å². The van der Waals surface area contributed by atoms with E-state index in [1.165, 1.54) is 5.56 Å². The average Bonchev–Trinajstić information content (AvgIpc) is 2.52. The molecule has 0 radical (unpaired) electrons. The summed E-state index contributed by atoms with van der Waals surface area (Å²) in [5.41, 5.74) is 2.53. The van der Waals surface area contributed by atoms with Crippen LogP contribution in [0.5, 0.6) is 0 Å². The number of amides is 1. The van der Waals surface area contributed by atoms with Crippen LogP contribution in [-0.4, -0.2) is 30.3 Å². The molecule has 0 aromatic heterocycles. The highest BCUT2D eigenvalue weighted by Crippen LogP contribution is 2.27. The van der Waals surface area contributed by atoms with E-state index < -0.39 is 6.10 Å². The third-order valence-electron chi connectivity index (χ3n) is 4.72. The molecule has 1 amide bonds. The number of methoxy groups -OCH3 is 1. The SMILES string of the molecule is COC1CC(C(=O)NCc2ccc(C(C)(C)C)cc2)CCC1O. The van der Waals surface area contributed by atoms with Crippen LogP contribution in [0.15, 0.2) is 24.3 Å². The van der Waals surface area contributed by atoms with Gasteiger partial charge in [0.2, 0.25) is 5.91 Å². The first-order chi connectivity index (χ1) is 10.8. The quantitative estimate of drug-likeness (QED) is 0.897. The third kappa shape index (κ3) is 4.79. The van der Waals surface area contributed by atoms with Crippen molar-refractivity contribution in [3.05, 3.63) is 35.4 Å². The van der Waals surface area contributed by atoms with Gasteiger partial charge in [0.05, 0.1) is 12.2 Å². The lowest BCUT2D eigenvalue weighted by molar-refractivity contribution is -0.130. The highest BCUT2D eigenvalue weighted by atomic mass is 16.5. The lowest BCUT2D eigenvalue weighted by Gasteiger charge is -2.31. The summed E-state index contributed by atoms with van der Waals surface area (Å²) in [6, 6.07) is 8.39. The monoisotopic (exact) mass is 319 g/mol. The zero-order chi connectivity index (χ0) is 17.0. The van der Waals surface area contributed by atoms with E-state index >= 15 is 0 Å². The normalized spacial score (nSPS) is 25.2. The van der Waals surface area contributed by atoms with Gasteiger partial charge < -0.3 is 15.2 Å². The van der Waals surface area contributed by atoms with Crippen LogP contribution in [0.3, 0.4) is 0 Å². The van der Waals surface area contributed by atoms with Gasteiger partial charge in [-0.1, -0.05) is 45.0 Å². The molecule has 4 nitrogen and oxygen atoms in total. The number of hydrogen-bond donors (Lipinski definition) is 2. The summed E-state index contributed by atoms with van der Waals surface area (Å²) in [5.74, 6) is -0.0175. The Kier molecular flexibility index (Phi) is 5.82. The summed E-state index contributed by atoms with van der Waals surface area (Å²) in [6.07, 6.45) is 1.25. The van der Waals surface area contributed by atoms with Crippen molar-refractivity contribution in [2.24, 2.45) is 5.92 Å². The summed E-state index contributed by atoms with van der Waals surface area (Å²) in [4.78, 5) is 12.3. The van der Waals surface area contributed by atoms with Gasteiger partial charge in [-0.25, -0.2) is 0 Å². The second-order valence-electron chi connectivity index (χ2n) is 7.52. The van der Waals surface area contributed by atoms with Crippen molar-refractivity contribution in [3.8, 4) is 0 Å². The molecule has 3 atom stereocenters. The van der Waals surface area contributed by atoms with Crippen molar-refractivity contribution in [1.29, 1.82) is 0 Å². The number of ether oxygens (including phenoxy) is 1. The van der Waals surface area contributed by atoms with E-state index in [0.29, 0.717) is 19.4 Å². The predicted octanol–water partition coefficient (Wildman–Crippen LogP) is 2.78. The Bertz CT molecular complexity index is 518. The van der Waals surface area contributed by atoms with Gasteiger partial charge in [0.1, 0.15) is 0 Å². The highest BCUT2D eigenvalue weighted by Gasteiger charge is 2.32. The average molecular weight is 319 g/mol. The Hall–Kier alpha value is -1.39. The molecule has 1 aliphatic rings. The first-order valence-electron chi connectivity index (χ1n) is 8.39. The Morgan fingerprint density at radius 1 is 1.26 bits per heavy atom. The van der Waals surface area contributed by atoms with Crippen LogP contribution < -0.4 is 5.32 Å². The van der Waals surface area contributed by atoms with E-state index in [0.717, 1.165) is 12.0 Å². The summed E-state index contributed by atoms with van der Waals surface area (Å²) >= 11 is 0. The lowest BCUT2D eigenvalue weighted by atomic mass is 9.84. The molecule has 1 aromatic carbocycles. The fraction of sp³-hybridized carbons (Fsp3) is 0.632. The van der Waals surface area contributed by atoms with Crippen LogP contribution in [0, 0.1) is 5.92 Å². The molecule has 4 heteroatoms. The number of benzene rings is 1. The zero-order valence-corrected chi connectivity index (χ0v) is 14.6. The first kappa shape index (κ1) is 18.0. The van der Waals surface area contributed by atoms with E-state index in [1.807, 2.05) is 0 Å². The number of carbonyl (C=O) groups excluding carboxylic acids is 1. The molecule has 0 saturated heterocycles. The van der Waals surface area contributed by atoms with Crippen molar-refractivity contribution >= 4 is 5.91 Å². The Morgan fingerprint density at radius 2 is 1.91 bits per heavy atom. The second kappa shape index (κ2) is 7.45. The van der Waals surface area contributed by atoms with Crippen molar-refractivity contribution < 1.29 is 14.6 Å². The molecule has 0 heterocycles. The lowest BCUT2D eigenvalue weighted by Crippen LogP contribution is -2.41. The molecule has 1 saturated carbocycles. The van der Waals surface area contributed by atoms with E-state index in [-0.39, 0.29) is 23.3 Å². The van der Waals surface area contributed by atoms with E-state index in [9.17, 15) is 9.90 Å². The van der Waals surface area contributed by atoms with Gasteiger partial charge in [-0.2, -0.15) is 0 Å². The molecule has 0 aliphatic heterocycles. The minimum Gasteiger partial charge on any atom is -0.390 e. The molecule has 0 bridgehead atoms. The maximum atomic E-state index is 12.3. The number of aliphatic hydroxyl groups excluding tert-OH is 1. The molecule has 2 rings (SSSR count). The number of aliphatic hydroxyl groups is 1. The fourth-order valence-corrected chi connectivity index (χ4v) is 3.06. The molecule has 3 unspecified atom stereocenters. The summed E-state index contributed by atoms with van der Waals surface area (Å²) in [5, 5.41) is 12.8. The smallest absolute Gasteiger partial charge is 0.223 e. The van der Waals surface area contributed by atoms with Gasteiger partial charge >= 0.3 is 0 Å². The highest BCUT2D eigenvalue weighted by molar-refractivity contribution is 5.78. The van der Waals surface area contributed by atoms with E-state index in [1.54, 1.807) is 7.11 Å². The van der Waals surface area contributed by atoms with Crippen LogP contribution >= 0.6 is 0 Å². The number of rotatable bonds is 4. The van der Waals surface area contributed by atoms with Crippen LogP contribution in [-0.2, 0) is 21.5 Å². The molecule has 2 N–H and O–H groups in total. The topological polar surface area (TPSA) is 58.6 Å². The minimum absolute atomic E-state index is 0.0545. The number of nitrogens with one attached hydrogen (secondary N) is 1. The molecule has 1 aromatic rings.